The first-order chi connectivity index (χ1) is 8.95. The predicted molar refractivity (Wildman–Crippen MR) is 64.8 cm³/mol. The maximum atomic E-state index is 12.9. The molecule has 0 atom stereocenters. The third kappa shape index (κ3) is 2.54. The van der Waals surface area contributed by atoms with E-state index in [2.05, 4.69) is 10.1 Å². The number of alkyl halides is 3. The summed E-state index contributed by atoms with van der Waals surface area (Å²) >= 11 is 0. The van der Waals surface area contributed by atoms with Crippen LogP contribution in [0.25, 0.3) is 5.82 Å². The number of hydrogen-bond donors (Lipinski definition) is 1. The molecule has 0 aromatic carbocycles. The van der Waals surface area contributed by atoms with Crippen LogP contribution >= 0.6 is 0 Å². The Morgan fingerprint density at radius 1 is 1.32 bits per heavy atom. The number of anilines is 1. The lowest BCUT2D eigenvalue weighted by Crippen LogP contribution is -2.10. The van der Waals surface area contributed by atoms with Gasteiger partial charge in [0.1, 0.15) is 5.82 Å². The lowest BCUT2D eigenvalue weighted by Gasteiger charge is -2.05. The van der Waals surface area contributed by atoms with Gasteiger partial charge in [0.15, 0.2) is 11.5 Å². The van der Waals surface area contributed by atoms with Gasteiger partial charge in [0.05, 0.1) is 0 Å². The Kier molecular flexibility index (Phi) is 3.46. The number of aromatic nitrogens is 3. The van der Waals surface area contributed by atoms with E-state index in [4.69, 9.17) is 5.73 Å². The second-order valence-electron chi connectivity index (χ2n) is 4.06. The quantitative estimate of drug-likeness (QED) is 0.933. The molecule has 0 bridgehead atoms. The molecule has 0 aliphatic heterocycles. The van der Waals surface area contributed by atoms with E-state index in [0.29, 0.717) is 6.42 Å². The zero-order valence-electron chi connectivity index (χ0n) is 10.3. The van der Waals surface area contributed by atoms with Crippen molar-refractivity contribution in [1.82, 2.24) is 14.8 Å². The summed E-state index contributed by atoms with van der Waals surface area (Å²) in [7, 11) is 0. The van der Waals surface area contributed by atoms with E-state index < -0.39 is 11.9 Å². The normalized spacial score (nSPS) is 11.8. The molecule has 0 saturated heterocycles. The minimum atomic E-state index is -4.52. The number of nitrogens with zero attached hydrogens (tertiary/aromatic N) is 3. The Labute approximate surface area is 108 Å². The van der Waals surface area contributed by atoms with Crippen molar-refractivity contribution in [1.29, 1.82) is 0 Å². The molecule has 102 valence electrons. The molecule has 7 heteroatoms. The second-order valence-corrected chi connectivity index (χ2v) is 4.06. The summed E-state index contributed by atoms with van der Waals surface area (Å²) in [5.74, 6) is 0.265. The highest BCUT2D eigenvalue weighted by Gasteiger charge is 2.38. The van der Waals surface area contributed by atoms with Gasteiger partial charge in [-0.15, -0.1) is 0 Å². The van der Waals surface area contributed by atoms with Gasteiger partial charge >= 0.3 is 6.18 Å². The van der Waals surface area contributed by atoms with E-state index in [-0.39, 0.29) is 23.6 Å². The first kappa shape index (κ1) is 13.4. The highest BCUT2D eigenvalue weighted by Crippen LogP contribution is 2.35. The van der Waals surface area contributed by atoms with Gasteiger partial charge in [0, 0.05) is 11.8 Å². The highest BCUT2D eigenvalue weighted by atomic mass is 19.4. The van der Waals surface area contributed by atoms with Crippen molar-refractivity contribution in [3.63, 3.8) is 0 Å². The van der Waals surface area contributed by atoms with Crippen molar-refractivity contribution in [2.45, 2.75) is 25.9 Å². The average molecular weight is 270 g/mol. The second kappa shape index (κ2) is 4.91. The van der Waals surface area contributed by atoms with Gasteiger partial charge in [-0.1, -0.05) is 19.4 Å². The monoisotopic (exact) mass is 270 g/mol. The average Bonchev–Trinajstić information content (AvgIpc) is 2.69. The Balaban J connectivity index is 2.59. The largest absolute Gasteiger partial charge is 0.435 e. The first-order valence-corrected chi connectivity index (χ1v) is 5.81. The zero-order chi connectivity index (χ0) is 14.0. The van der Waals surface area contributed by atoms with Crippen molar-refractivity contribution in [3.8, 4) is 5.82 Å². The fourth-order valence-corrected chi connectivity index (χ4v) is 1.84. The van der Waals surface area contributed by atoms with Gasteiger partial charge in [-0.25, -0.2) is 4.98 Å². The van der Waals surface area contributed by atoms with E-state index >= 15 is 0 Å². The molecule has 0 saturated carbocycles. The molecule has 19 heavy (non-hydrogen) atoms. The molecule has 0 aliphatic rings. The van der Waals surface area contributed by atoms with Crippen LogP contribution in [-0.4, -0.2) is 14.8 Å². The van der Waals surface area contributed by atoms with Crippen LogP contribution in [0, 0.1) is 0 Å². The van der Waals surface area contributed by atoms with Gasteiger partial charge in [-0.2, -0.15) is 23.0 Å². The lowest BCUT2D eigenvalue weighted by molar-refractivity contribution is -0.141. The molecule has 0 fully saturated rings. The third-order valence-electron chi connectivity index (χ3n) is 2.66. The number of rotatable bonds is 3. The zero-order valence-corrected chi connectivity index (χ0v) is 10.3. The fraction of sp³-hybridized carbons (Fsp3) is 0.333. The van der Waals surface area contributed by atoms with E-state index in [1.54, 1.807) is 25.1 Å². The number of halogens is 3. The van der Waals surface area contributed by atoms with E-state index in [1.165, 1.54) is 6.20 Å². The maximum absolute atomic E-state index is 12.9. The van der Waals surface area contributed by atoms with Crippen LogP contribution in [0.15, 0.2) is 24.4 Å². The SMILES string of the molecule is CCCc1c(C(F)(F)F)nn(-c2ccccn2)c1N. The van der Waals surface area contributed by atoms with Crippen LogP contribution < -0.4 is 5.73 Å². The van der Waals surface area contributed by atoms with Gasteiger partial charge in [-0.05, 0) is 18.6 Å². The first-order valence-electron chi connectivity index (χ1n) is 5.81. The topological polar surface area (TPSA) is 56.7 Å². The number of nitrogen functional groups attached to an aromatic ring is 1. The molecular formula is C12H13F3N4. The maximum Gasteiger partial charge on any atom is 0.435 e. The Hall–Kier alpha value is -2.05. The van der Waals surface area contributed by atoms with Crippen LogP contribution in [-0.2, 0) is 12.6 Å². The van der Waals surface area contributed by atoms with Crippen LogP contribution in [0.5, 0.6) is 0 Å². The Morgan fingerprint density at radius 3 is 2.58 bits per heavy atom. The Morgan fingerprint density at radius 2 is 2.05 bits per heavy atom. The molecule has 0 spiro atoms. The van der Waals surface area contributed by atoms with Crippen molar-refractivity contribution < 1.29 is 13.2 Å². The predicted octanol–water partition coefficient (Wildman–Crippen LogP) is 2.82. The number of pyridine rings is 1. The smallest absolute Gasteiger partial charge is 0.383 e. The molecule has 4 nitrogen and oxygen atoms in total. The highest BCUT2D eigenvalue weighted by molar-refractivity contribution is 5.49. The molecule has 2 aromatic heterocycles. The fourth-order valence-electron chi connectivity index (χ4n) is 1.84. The summed E-state index contributed by atoms with van der Waals surface area (Å²) in [5.41, 5.74) is 4.87. The summed E-state index contributed by atoms with van der Waals surface area (Å²) in [4.78, 5) is 3.96. The summed E-state index contributed by atoms with van der Waals surface area (Å²) in [6.07, 6.45) is -2.25. The third-order valence-corrected chi connectivity index (χ3v) is 2.66. The summed E-state index contributed by atoms with van der Waals surface area (Å²) < 4.78 is 39.8. The van der Waals surface area contributed by atoms with Crippen LogP contribution in [0.3, 0.4) is 0 Å². The molecule has 0 amide bonds. The summed E-state index contributed by atoms with van der Waals surface area (Å²) in [6, 6.07) is 4.89. The molecule has 2 heterocycles. The van der Waals surface area contributed by atoms with Crippen LogP contribution in [0.1, 0.15) is 24.6 Å². The molecule has 0 radical (unpaired) electrons. The van der Waals surface area contributed by atoms with Gasteiger partial charge < -0.3 is 5.73 Å². The van der Waals surface area contributed by atoms with E-state index in [0.717, 1.165) is 4.68 Å². The Bertz CT molecular complexity index is 560. The van der Waals surface area contributed by atoms with E-state index in [1.807, 2.05) is 0 Å². The van der Waals surface area contributed by atoms with Crippen molar-refractivity contribution in [2.75, 3.05) is 5.73 Å². The standard InChI is InChI=1S/C12H13F3N4/c1-2-5-8-10(12(13,14)15)18-19(11(8)16)9-6-3-4-7-17-9/h3-4,6-7H,2,5,16H2,1H3. The molecule has 0 unspecified atom stereocenters. The molecule has 0 aliphatic carbocycles. The molecular weight excluding hydrogens is 257 g/mol. The van der Waals surface area contributed by atoms with Gasteiger partial charge in [-0.3, -0.25) is 0 Å². The van der Waals surface area contributed by atoms with Crippen LogP contribution in [0.2, 0.25) is 0 Å². The minimum Gasteiger partial charge on any atom is -0.383 e. The number of nitrogens with two attached hydrogens (primary N) is 1. The van der Waals surface area contributed by atoms with Gasteiger partial charge in [0.25, 0.3) is 0 Å². The van der Waals surface area contributed by atoms with Crippen molar-refractivity contribution in [3.05, 3.63) is 35.7 Å². The lowest BCUT2D eigenvalue weighted by atomic mass is 10.1. The minimum absolute atomic E-state index is 0.00660. The molecule has 2 N–H and O–H groups in total. The van der Waals surface area contributed by atoms with Gasteiger partial charge in [0.2, 0.25) is 0 Å². The van der Waals surface area contributed by atoms with Crippen molar-refractivity contribution >= 4 is 5.82 Å². The summed E-state index contributed by atoms with van der Waals surface area (Å²) in [6.45, 7) is 1.79. The molecule has 2 rings (SSSR count). The van der Waals surface area contributed by atoms with Crippen LogP contribution in [0.4, 0.5) is 19.0 Å². The number of hydrogen-bond acceptors (Lipinski definition) is 3. The molecule has 2 aromatic rings. The van der Waals surface area contributed by atoms with E-state index in [9.17, 15) is 13.2 Å². The van der Waals surface area contributed by atoms with Crippen molar-refractivity contribution in [2.24, 2.45) is 0 Å². The summed E-state index contributed by atoms with van der Waals surface area (Å²) in [5, 5.41) is 3.57.